The van der Waals surface area contributed by atoms with Crippen LogP contribution in [0.4, 0.5) is 0 Å². The molecule has 4 rings (SSSR count). The Morgan fingerprint density at radius 1 is 1.08 bits per heavy atom. The van der Waals surface area contributed by atoms with Crippen LogP contribution in [0.5, 0.6) is 5.75 Å². The first-order valence-electron chi connectivity index (χ1n) is 14.5. The van der Waals surface area contributed by atoms with Crippen LogP contribution in [0.25, 0.3) is 22.2 Å². The number of ether oxygens (including phenoxy) is 2. The Morgan fingerprint density at radius 3 is 2.53 bits per heavy atom. The first-order chi connectivity index (χ1) is 18.2. The number of rotatable bonds is 11. The topological polar surface area (TPSA) is 40.5 Å². The van der Waals surface area contributed by atoms with E-state index in [0.29, 0.717) is 6.04 Å². The number of carbonyl (C=O) groups excluding carboxylic acids is 1. The molecule has 3 aromatic rings. The van der Waals surface area contributed by atoms with E-state index in [2.05, 4.69) is 95.2 Å². The molecule has 38 heavy (non-hydrogen) atoms. The molecule has 1 aromatic heterocycles. The Bertz CT molecular complexity index is 1280. The summed E-state index contributed by atoms with van der Waals surface area (Å²) in [5, 5.41) is 1.22. The summed E-state index contributed by atoms with van der Waals surface area (Å²) in [6.07, 6.45) is 8.62. The van der Waals surface area contributed by atoms with Crippen molar-refractivity contribution in [1.29, 1.82) is 0 Å². The second-order valence-corrected chi connectivity index (χ2v) is 11.7. The highest BCUT2D eigenvalue weighted by Gasteiger charge is 2.47. The average Bonchev–Trinajstić information content (AvgIpc) is 3.40. The second-order valence-electron chi connectivity index (χ2n) is 11.7. The van der Waals surface area contributed by atoms with Crippen molar-refractivity contribution >= 4 is 16.9 Å². The minimum atomic E-state index is -0.368. The van der Waals surface area contributed by atoms with E-state index >= 15 is 0 Å². The van der Waals surface area contributed by atoms with Crippen LogP contribution in [-0.4, -0.2) is 22.7 Å². The first kappa shape index (κ1) is 28.0. The average molecular weight is 516 g/mol. The standard InChI is InChI=1S/C34H45NO3/c1-8-11-12-13-24-14-17-28(25(9-2)20-24)30-21-26-15-16-27(22-29(26)35(30)23(4)5)37-31-18-19-32(34(31,6)7)38-33(36)10-3/h10,14-17,20-23,31-32H,3,8-9,11-13,18-19H2,1-2,4-7H3. The lowest BCUT2D eigenvalue weighted by Gasteiger charge is -2.32. The fourth-order valence-corrected chi connectivity index (χ4v) is 5.99. The third-order valence-electron chi connectivity index (χ3n) is 8.28. The highest BCUT2D eigenvalue weighted by molar-refractivity contribution is 5.89. The van der Waals surface area contributed by atoms with E-state index in [4.69, 9.17) is 9.47 Å². The Morgan fingerprint density at radius 2 is 1.84 bits per heavy atom. The predicted octanol–water partition coefficient (Wildman–Crippen LogP) is 8.85. The van der Waals surface area contributed by atoms with E-state index in [1.807, 2.05) is 0 Å². The van der Waals surface area contributed by atoms with E-state index in [0.717, 1.165) is 31.4 Å². The van der Waals surface area contributed by atoms with Crippen molar-refractivity contribution in [3.05, 3.63) is 66.2 Å². The van der Waals surface area contributed by atoms with Crippen molar-refractivity contribution in [2.45, 2.75) is 105 Å². The number of nitrogens with zero attached hydrogens (tertiary/aromatic N) is 1. The fraction of sp³-hybridized carbons (Fsp3) is 0.500. The van der Waals surface area contributed by atoms with E-state index in [1.165, 1.54) is 58.6 Å². The molecule has 204 valence electrons. The molecule has 0 saturated heterocycles. The van der Waals surface area contributed by atoms with Gasteiger partial charge in [0.15, 0.2) is 0 Å². The zero-order chi connectivity index (χ0) is 27.4. The molecule has 2 atom stereocenters. The van der Waals surface area contributed by atoms with Crippen LogP contribution < -0.4 is 4.74 Å². The minimum Gasteiger partial charge on any atom is -0.490 e. The molecule has 1 aliphatic carbocycles. The lowest BCUT2D eigenvalue weighted by atomic mass is 9.87. The van der Waals surface area contributed by atoms with Crippen LogP contribution in [0.1, 0.15) is 90.8 Å². The maximum atomic E-state index is 11.8. The van der Waals surface area contributed by atoms with Crippen molar-refractivity contribution < 1.29 is 14.3 Å². The molecular formula is C34H45NO3. The monoisotopic (exact) mass is 515 g/mol. The highest BCUT2D eigenvalue weighted by Crippen LogP contribution is 2.43. The Kier molecular flexibility index (Phi) is 8.70. The SMILES string of the molecule is C=CC(=O)OC1CCC(Oc2ccc3cc(-c4ccc(CCCCC)cc4CC)n(C(C)C)c3c2)C1(C)C. The molecule has 1 aliphatic rings. The van der Waals surface area contributed by atoms with Crippen LogP contribution in [0.2, 0.25) is 0 Å². The molecule has 0 radical (unpaired) electrons. The number of hydrogen-bond acceptors (Lipinski definition) is 3. The molecule has 0 aliphatic heterocycles. The summed E-state index contributed by atoms with van der Waals surface area (Å²) in [5.74, 6) is 0.493. The zero-order valence-corrected chi connectivity index (χ0v) is 24.2. The molecule has 2 unspecified atom stereocenters. The quantitative estimate of drug-likeness (QED) is 0.145. The molecule has 0 spiro atoms. The maximum Gasteiger partial charge on any atom is 0.330 e. The predicted molar refractivity (Wildman–Crippen MR) is 158 cm³/mol. The lowest BCUT2D eigenvalue weighted by molar-refractivity contribution is -0.148. The molecule has 2 aromatic carbocycles. The normalized spacial score (nSPS) is 18.7. The Balaban J connectivity index is 1.65. The maximum absolute atomic E-state index is 11.8. The summed E-state index contributed by atoms with van der Waals surface area (Å²) in [7, 11) is 0. The molecule has 0 bridgehead atoms. The first-order valence-corrected chi connectivity index (χ1v) is 14.5. The van der Waals surface area contributed by atoms with Gasteiger partial charge in [-0.2, -0.15) is 0 Å². The van der Waals surface area contributed by atoms with Crippen LogP contribution in [0.15, 0.2) is 55.1 Å². The molecule has 0 N–H and O–H groups in total. The van der Waals surface area contributed by atoms with Gasteiger partial charge in [-0.15, -0.1) is 0 Å². The Hall–Kier alpha value is -3.01. The van der Waals surface area contributed by atoms with Gasteiger partial charge < -0.3 is 14.0 Å². The van der Waals surface area contributed by atoms with Gasteiger partial charge in [0.25, 0.3) is 0 Å². The molecule has 1 heterocycles. The van der Waals surface area contributed by atoms with Gasteiger partial charge in [0.1, 0.15) is 18.0 Å². The number of aromatic nitrogens is 1. The molecule has 4 heteroatoms. The minimum absolute atomic E-state index is 0.0311. The molecule has 4 nitrogen and oxygen atoms in total. The van der Waals surface area contributed by atoms with E-state index in [1.54, 1.807) is 0 Å². The number of benzene rings is 2. The number of esters is 1. The summed E-state index contributed by atoms with van der Waals surface area (Å²) in [6, 6.07) is 16.1. The van der Waals surface area contributed by atoms with Gasteiger partial charge in [-0.05, 0) is 75.3 Å². The molecule has 1 fully saturated rings. The smallest absolute Gasteiger partial charge is 0.330 e. The van der Waals surface area contributed by atoms with Gasteiger partial charge in [-0.25, -0.2) is 4.79 Å². The summed E-state index contributed by atoms with van der Waals surface area (Å²) < 4.78 is 14.7. The summed E-state index contributed by atoms with van der Waals surface area (Å²) in [4.78, 5) is 11.8. The lowest BCUT2D eigenvalue weighted by Crippen LogP contribution is -2.38. The van der Waals surface area contributed by atoms with E-state index < -0.39 is 0 Å². The molecule has 0 amide bonds. The van der Waals surface area contributed by atoms with Crippen LogP contribution >= 0.6 is 0 Å². The van der Waals surface area contributed by atoms with Crippen molar-refractivity contribution in [3.63, 3.8) is 0 Å². The van der Waals surface area contributed by atoms with Gasteiger partial charge in [0, 0.05) is 40.2 Å². The van der Waals surface area contributed by atoms with Crippen LogP contribution in [0.3, 0.4) is 0 Å². The fourth-order valence-electron chi connectivity index (χ4n) is 5.99. The van der Waals surface area contributed by atoms with Crippen molar-refractivity contribution in [2.75, 3.05) is 0 Å². The second kappa shape index (κ2) is 11.8. The number of carbonyl (C=O) groups is 1. The van der Waals surface area contributed by atoms with Crippen LogP contribution in [0, 0.1) is 5.41 Å². The molecular weight excluding hydrogens is 470 g/mol. The van der Waals surface area contributed by atoms with Gasteiger partial charge in [-0.3, -0.25) is 0 Å². The van der Waals surface area contributed by atoms with Gasteiger partial charge in [-0.1, -0.05) is 65.3 Å². The summed E-state index contributed by atoms with van der Waals surface area (Å²) >= 11 is 0. The zero-order valence-electron chi connectivity index (χ0n) is 24.2. The number of aryl methyl sites for hydroxylation is 2. The number of hydrogen-bond donors (Lipinski definition) is 0. The van der Waals surface area contributed by atoms with E-state index in [-0.39, 0.29) is 23.6 Å². The van der Waals surface area contributed by atoms with Crippen LogP contribution in [-0.2, 0) is 22.4 Å². The van der Waals surface area contributed by atoms with Gasteiger partial charge >= 0.3 is 5.97 Å². The van der Waals surface area contributed by atoms with Crippen molar-refractivity contribution in [1.82, 2.24) is 4.57 Å². The third kappa shape index (κ3) is 5.70. The van der Waals surface area contributed by atoms with Crippen molar-refractivity contribution in [2.24, 2.45) is 5.41 Å². The largest absolute Gasteiger partial charge is 0.490 e. The number of unbranched alkanes of at least 4 members (excludes halogenated alkanes) is 2. The van der Waals surface area contributed by atoms with Gasteiger partial charge in [0.05, 0.1) is 5.52 Å². The van der Waals surface area contributed by atoms with Gasteiger partial charge in [0.2, 0.25) is 0 Å². The Labute approximate surface area is 229 Å². The summed E-state index contributed by atoms with van der Waals surface area (Å²) in [5.41, 5.74) is 6.34. The molecule has 1 saturated carbocycles. The summed E-state index contributed by atoms with van der Waals surface area (Å²) in [6.45, 7) is 16.8. The third-order valence-corrected chi connectivity index (χ3v) is 8.28. The highest BCUT2D eigenvalue weighted by atomic mass is 16.5. The van der Waals surface area contributed by atoms with E-state index in [9.17, 15) is 4.79 Å². The van der Waals surface area contributed by atoms with Crippen molar-refractivity contribution in [3.8, 4) is 17.0 Å². The number of fused-ring (bicyclic) bond motifs is 1.